The van der Waals surface area contributed by atoms with E-state index in [-0.39, 0.29) is 30.2 Å². The van der Waals surface area contributed by atoms with Crippen molar-refractivity contribution in [3.63, 3.8) is 0 Å². The highest BCUT2D eigenvalue weighted by Crippen LogP contribution is 2.15. The molecule has 1 aromatic carbocycles. The lowest BCUT2D eigenvalue weighted by atomic mass is 10.1. The molecule has 0 aliphatic carbocycles. The first kappa shape index (κ1) is 12.0. The van der Waals surface area contributed by atoms with E-state index in [0.29, 0.717) is 0 Å². The molecule has 0 heterocycles. The molecule has 1 rings (SSSR count). The number of carbonyl (C=O) groups is 2. The number of benzene rings is 1. The predicted molar refractivity (Wildman–Crippen MR) is 57.5 cm³/mol. The van der Waals surface area contributed by atoms with Gasteiger partial charge in [0, 0.05) is 0 Å². The molecule has 5 heteroatoms. The normalized spacial score (nSPS) is 9.56. The molecule has 0 atom stereocenters. The Morgan fingerprint density at radius 3 is 2.69 bits per heavy atom. The Hall–Kier alpha value is -2.04. The Bertz CT molecular complexity index is 389. The average molecular weight is 223 g/mol. The van der Waals surface area contributed by atoms with E-state index in [1.807, 2.05) is 0 Å². The first-order valence-electron chi connectivity index (χ1n) is 4.87. The molecule has 1 aromatic rings. The van der Waals surface area contributed by atoms with Gasteiger partial charge in [-0.1, -0.05) is 12.1 Å². The molecule has 0 aliphatic heterocycles. The maximum Gasteiger partial charge on any atom is 0.407 e. The number of phenolic OH excluding ortho intramolecular Hbond substituents is 1. The van der Waals surface area contributed by atoms with Crippen LogP contribution in [-0.4, -0.2) is 30.1 Å². The van der Waals surface area contributed by atoms with Crippen LogP contribution in [-0.2, 0) is 4.74 Å². The molecule has 0 unspecified atom stereocenters. The largest absolute Gasteiger partial charge is 0.507 e. The number of carbonyl (C=O) groups excluding carboxylic acids is 2. The molecule has 0 aromatic heterocycles. The number of alkyl carbamates (subject to hydrolysis) is 1. The molecule has 0 saturated heterocycles. The second kappa shape index (κ2) is 5.75. The van der Waals surface area contributed by atoms with Gasteiger partial charge in [0.25, 0.3) is 0 Å². The third-order valence-corrected chi connectivity index (χ3v) is 1.87. The van der Waals surface area contributed by atoms with Gasteiger partial charge in [-0.3, -0.25) is 4.79 Å². The summed E-state index contributed by atoms with van der Waals surface area (Å²) in [5.41, 5.74) is 0.180. The summed E-state index contributed by atoms with van der Waals surface area (Å²) in [4.78, 5) is 22.5. The van der Waals surface area contributed by atoms with Crippen molar-refractivity contribution >= 4 is 11.9 Å². The Kier molecular flexibility index (Phi) is 4.32. The quantitative estimate of drug-likeness (QED) is 0.755. The van der Waals surface area contributed by atoms with Crippen LogP contribution in [0.3, 0.4) is 0 Å². The highest BCUT2D eigenvalue weighted by Gasteiger charge is 2.11. The summed E-state index contributed by atoms with van der Waals surface area (Å²) in [6.45, 7) is 1.72. The van der Waals surface area contributed by atoms with Crippen LogP contribution in [0.4, 0.5) is 4.79 Å². The minimum Gasteiger partial charge on any atom is -0.507 e. The molecular weight excluding hydrogens is 210 g/mol. The van der Waals surface area contributed by atoms with Gasteiger partial charge in [0.2, 0.25) is 0 Å². The summed E-state index contributed by atoms with van der Waals surface area (Å²) in [7, 11) is 0. The number of amides is 1. The smallest absolute Gasteiger partial charge is 0.407 e. The molecule has 1 amide bonds. The molecule has 5 nitrogen and oxygen atoms in total. The van der Waals surface area contributed by atoms with Crippen molar-refractivity contribution in [2.24, 2.45) is 0 Å². The van der Waals surface area contributed by atoms with E-state index in [4.69, 9.17) is 0 Å². The van der Waals surface area contributed by atoms with Crippen molar-refractivity contribution in [3.8, 4) is 5.75 Å². The van der Waals surface area contributed by atoms with Gasteiger partial charge in [-0.25, -0.2) is 4.79 Å². The molecule has 0 aliphatic rings. The number of nitrogens with one attached hydrogen (secondary N) is 1. The van der Waals surface area contributed by atoms with Crippen LogP contribution in [0.15, 0.2) is 24.3 Å². The average Bonchev–Trinajstić information content (AvgIpc) is 2.27. The van der Waals surface area contributed by atoms with Gasteiger partial charge in [-0.15, -0.1) is 0 Å². The topological polar surface area (TPSA) is 75.6 Å². The van der Waals surface area contributed by atoms with E-state index >= 15 is 0 Å². The maximum atomic E-state index is 11.5. The Balaban J connectivity index is 2.54. The summed E-state index contributed by atoms with van der Waals surface area (Å²) < 4.78 is 4.59. The number of ether oxygens (including phenoxy) is 1. The van der Waals surface area contributed by atoms with Crippen LogP contribution >= 0.6 is 0 Å². The standard InChI is InChI=1S/C11H13NO4/c1-2-16-11(15)12-7-10(14)8-5-3-4-6-9(8)13/h3-6,13H,2,7H2,1H3,(H,12,15). The van der Waals surface area contributed by atoms with E-state index in [1.54, 1.807) is 19.1 Å². The third kappa shape index (κ3) is 3.27. The fourth-order valence-electron chi connectivity index (χ4n) is 1.14. The van der Waals surface area contributed by atoms with Gasteiger partial charge in [0.05, 0.1) is 18.7 Å². The summed E-state index contributed by atoms with van der Waals surface area (Å²) >= 11 is 0. The van der Waals surface area contributed by atoms with Crippen LogP contribution < -0.4 is 5.32 Å². The van der Waals surface area contributed by atoms with Crippen molar-refractivity contribution in [1.29, 1.82) is 0 Å². The summed E-state index contributed by atoms with van der Waals surface area (Å²) in [5, 5.41) is 11.7. The fourth-order valence-corrected chi connectivity index (χ4v) is 1.14. The van der Waals surface area contributed by atoms with Crippen molar-refractivity contribution in [2.75, 3.05) is 13.2 Å². The second-order valence-corrected chi connectivity index (χ2v) is 3.01. The molecular formula is C11H13NO4. The Labute approximate surface area is 93.0 Å². The fraction of sp³-hybridized carbons (Fsp3) is 0.273. The monoisotopic (exact) mass is 223 g/mol. The molecule has 16 heavy (non-hydrogen) atoms. The van der Waals surface area contributed by atoms with Crippen molar-refractivity contribution in [3.05, 3.63) is 29.8 Å². The predicted octanol–water partition coefficient (Wildman–Crippen LogP) is 1.32. The van der Waals surface area contributed by atoms with E-state index < -0.39 is 6.09 Å². The summed E-state index contributed by atoms with van der Waals surface area (Å²) in [6, 6.07) is 6.16. The Morgan fingerprint density at radius 1 is 1.38 bits per heavy atom. The maximum absolute atomic E-state index is 11.5. The minimum absolute atomic E-state index is 0.0989. The number of hydrogen-bond donors (Lipinski definition) is 2. The summed E-state index contributed by atoms with van der Waals surface area (Å²) in [6.07, 6.45) is -0.647. The molecule has 0 bridgehead atoms. The number of rotatable bonds is 4. The van der Waals surface area contributed by atoms with Crippen LogP contribution in [0, 0.1) is 0 Å². The lowest BCUT2D eigenvalue weighted by molar-refractivity contribution is 0.0976. The van der Waals surface area contributed by atoms with E-state index in [9.17, 15) is 14.7 Å². The zero-order chi connectivity index (χ0) is 12.0. The number of ketones is 1. The van der Waals surface area contributed by atoms with Gasteiger partial charge >= 0.3 is 6.09 Å². The number of aromatic hydroxyl groups is 1. The van der Waals surface area contributed by atoms with Gasteiger partial charge < -0.3 is 15.2 Å². The highest BCUT2D eigenvalue weighted by molar-refractivity contribution is 6.01. The zero-order valence-electron chi connectivity index (χ0n) is 8.90. The van der Waals surface area contributed by atoms with Crippen LogP contribution in [0.2, 0.25) is 0 Å². The van der Waals surface area contributed by atoms with Gasteiger partial charge in [-0.05, 0) is 19.1 Å². The highest BCUT2D eigenvalue weighted by atomic mass is 16.5. The summed E-state index contributed by atoms with van der Waals surface area (Å²) in [5.74, 6) is -0.468. The Morgan fingerprint density at radius 2 is 2.06 bits per heavy atom. The number of para-hydroxylation sites is 1. The first-order valence-corrected chi connectivity index (χ1v) is 4.87. The number of phenols is 1. The number of hydrogen-bond acceptors (Lipinski definition) is 4. The van der Waals surface area contributed by atoms with Gasteiger partial charge in [-0.2, -0.15) is 0 Å². The van der Waals surface area contributed by atoms with Crippen LogP contribution in [0.1, 0.15) is 17.3 Å². The molecule has 2 N–H and O–H groups in total. The molecule has 86 valence electrons. The molecule has 0 saturated carbocycles. The van der Waals surface area contributed by atoms with Gasteiger partial charge in [0.15, 0.2) is 5.78 Å². The lowest BCUT2D eigenvalue weighted by Crippen LogP contribution is -2.30. The van der Waals surface area contributed by atoms with Crippen molar-refractivity contribution in [1.82, 2.24) is 5.32 Å². The third-order valence-electron chi connectivity index (χ3n) is 1.87. The molecule has 0 fully saturated rings. The molecule has 0 spiro atoms. The van der Waals surface area contributed by atoms with E-state index in [1.165, 1.54) is 12.1 Å². The van der Waals surface area contributed by atoms with Crippen molar-refractivity contribution in [2.45, 2.75) is 6.92 Å². The van der Waals surface area contributed by atoms with Crippen LogP contribution in [0.5, 0.6) is 5.75 Å². The van der Waals surface area contributed by atoms with Crippen molar-refractivity contribution < 1.29 is 19.4 Å². The zero-order valence-corrected chi connectivity index (χ0v) is 8.90. The minimum atomic E-state index is -0.647. The second-order valence-electron chi connectivity index (χ2n) is 3.01. The van der Waals surface area contributed by atoms with E-state index in [2.05, 4.69) is 10.1 Å². The number of Topliss-reactive ketones (excluding diaryl/α,β-unsaturated/α-hetero) is 1. The van der Waals surface area contributed by atoms with Gasteiger partial charge in [0.1, 0.15) is 5.75 Å². The first-order chi connectivity index (χ1) is 7.65. The SMILES string of the molecule is CCOC(=O)NCC(=O)c1ccccc1O. The lowest BCUT2D eigenvalue weighted by Gasteiger charge is -2.05. The molecule has 0 radical (unpaired) electrons. The van der Waals surface area contributed by atoms with E-state index in [0.717, 1.165) is 0 Å². The van der Waals surface area contributed by atoms with Crippen LogP contribution in [0.25, 0.3) is 0 Å².